The second-order valence-electron chi connectivity index (χ2n) is 5.13. The first-order chi connectivity index (χ1) is 8.11. The summed E-state index contributed by atoms with van der Waals surface area (Å²) in [6.07, 6.45) is 1.30. The highest BCUT2D eigenvalue weighted by Gasteiger charge is 2.28. The van der Waals surface area contributed by atoms with Crippen LogP contribution in [0.5, 0.6) is 0 Å². The number of nitrogens with zero attached hydrogens (tertiary/aromatic N) is 1. The van der Waals surface area contributed by atoms with Crippen LogP contribution < -0.4 is 5.73 Å². The summed E-state index contributed by atoms with van der Waals surface area (Å²) >= 11 is 5.35. The molecule has 0 spiro atoms. The minimum absolute atomic E-state index is 0.404. The van der Waals surface area contributed by atoms with Gasteiger partial charge in [0.2, 0.25) is 0 Å². The maximum Gasteiger partial charge on any atom is 0.0702 e. The van der Waals surface area contributed by atoms with Crippen molar-refractivity contribution in [3.05, 3.63) is 20.8 Å². The van der Waals surface area contributed by atoms with Crippen LogP contribution in [0.15, 0.2) is 15.9 Å². The largest absolute Gasteiger partial charge is 0.329 e. The normalized spacial score (nSPS) is 28.2. The lowest BCUT2D eigenvalue weighted by atomic mass is 9.88. The first-order valence-corrected chi connectivity index (χ1v) is 7.92. The second kappa shape index (κ2) is 5.83. The topological polar surface area (TPSA) is 29.3 Å². The zero-order chi connectivity index (χ0) is 12.4. The van der Waals surface area contributed by atoms with E-state index < -0.39 is 0 Å². The van der Waals surface area contributed by atoms with Crippen molar-refractivity contribution in [3.8, 4) is 0 Å². The molecule has 2 N–H and O–H groups in total. The van der Waals surface area contributed by atoms with Gasteiger partial charge in [-0.25, -0.2) is 0 Å². The third-order valence-electron chi connectivity index (χ3n) is 3.95. The Balaban J connectivity index is 2.08. The molecule has 1 aromatic heterocycles. The van der Waals surface area contributed by atoms with E-state index >= 15 is 0 Å². The number of nitrogens with two attached hydrogens (primary N) is 1. The van der Waals surface area contributed by atoms with Crippen LogP contribution >= 0.6 is 27.3 Å². The molecule has 2 nitrogen and oxygen atoms in total. The molecule has 3 atom stereocenters. The smallest absolute Gasteiger partial charge is 0.0702 e. The standard InChI is InChI=1S/C13H21BrN2S/c1-9-5-6-16(8-10(9)2)11(7-15)12-3-4-13(14)17-12/h3-4,9-11H,5-8,15H2,1-2H3. The summed E-state index contributed by atoms with van der Waals surface area (Å²) in [7, 11) is 0. The summed E-state index contributed by atoms with van der Waals surface area (Å²) in [5.74, 6) is 1.63. The molecule has 1 aliphatic rings. The predicted molar refractivity (Wildman–Crippen MR) is 78.3 cm³/mol. The van der Waals surface area contributed by atoms with Gasteiger partial charge in [-0.1, -0.05) is 13.8 Å². The van der Waals surface area contributed by atoms with Crippen LogP contribution in [0.4, 0.5) is 0 Å². The van der Waals surface area contributed by atoms with E-state index in [1.54, 1.807) is 0 Å². The van der Waals surface area contributed by atoms with Gasteiger partial charge >= 0.3 is 0 Å². The number of likely N-dealkylation sites (tertiary alicyclic amines) is 1. The second-order valence-corrected chi connectivity index (χ2v) is 7.63. The molecule has 2 rings (SSSR count). The fourth-order valence-corrected chi connectivity index (χ4v) is 4.10. The third kappa shape index (κ3) is 3.11. The molecule has 1 fully saturated rings. The minimum Gasteiger partial charge on any atom is -0.329 e. The van der Waals surface area contributed by atoms with E-state index in [0.29, 0.717) is 12.6 Å². The Morgan fingerprint density at radius 2 is 2.24 bits per heavy atom. The summed E-state index contributed by atoms with van der Waals surface area (Å²) in [6, 6.07) is 4.73. The lowest BCUT2D eigenvalue weighted by molar-refractivity contribution is 0.0998. The highest BCUT2D eigenvalue weighted by molar-refractivity contribution is 9.11. The lowest BCUT2D eigenvalue weighted by Gasteiger charge is -2.39. The van der Waals surface area contributed by atoms with Crippen molar-refractivity contribution in [1.29, 1.82) is 0 Å². The van der Waals surface area contributed by atoms with Crippen molar-refractivity contribution < 1.29 is 0 Å². The predicted octanol–water partition coefficient (Wildman–Crippen LogP) is 3.49. The van der Waals surface area contributed by atoms with E-state index in [1.807, 2.05) is 11.3 Å². The molecule has 3 unspecified atom stereocenters. The summed E-state index contributed by atoms with van der Waals surface area (Å²) in [6.45, 7) is 7.80. The Labute approximate surface area is 116 Å². The van der Waals surface area contributed by atoms with Gasteiger partial charge in [0.1, 0.15) is 0 Å². The van der Waals surface area contributed by atoms with Crippen molar-refractivity contribution >= 4 is 27.3 Å². The molecule has 4 heteroatoms. The summed E-state index contributed by atoms with van der Waals surface area (Å²) in [5, 5.41) is 0. The van der Waals surface area contributed by atoms with E-state index in [1.165, 1.54) is 28.2 Å². The van der Waals surface area contributed by atoms with Gasteiger partial charge < -0.3 is 5.73 Å². The molecular weight excluding hydrogens is 296 g/mol. The number of hydrogen-bond donors (Lipinski definition) is 1. The number of thiophene rings is 1. The van der Waals surface area contributed by atoms with Crippen LogP contribution in [0.1, 0.15) is 31.2 Å². The fraction of sp³-hybridized carbons (Fsp3) is 0.692. The molecule has 0 bridgehead atoms. The zero-order valence-electron chi connectivity index (χ0n) is 10.5. The van der Waals surface area contributed by atoms with E-state index in [9.17, 15) is 0 Å². The van der Waals surface area contributed by atoms with Gasteiger partial charge in [-0.15, -0.1) is 11.3 Å². The van der Waals surface area contributed by atoms with Crippen LogP contribution in [-0.2, 0) is 0 Å². The molecular formula is C13H21BrN2S. The van der Waals surface area contributed by atoms with Crippen LogP contribution in [0.25, 0.3) is 0 Å². The molecule has 0 radical (unpaired) electrons. The molecule has 0 aromatic carbocycles. The third-order valence-corrected chi connectivity index (χ3v) is 5.68. The fourth-order valence-electron chi connectivity index (χ4n) is 2.53. The van der Waals surface area contributed by atoms with Gasteiger partial charge in [0, 0.05) is 18.0 Å². The maximum absolute atomic E-state index is 5.97. The van der Waals surface area contributed by atoms with Gasteiger partial charge in [0.05, 0.1) is 9.83 Å². The Morgan fingerprint density at radius 3 is 2.76 bits per heavy atom. The van der Waals surface area contributed by atoms with Crippen molar-refractivity contribution in [3.63, 3.8) is 0 Å². The van der Waals surface area contributed by atoms with E-state index in [4.69, 9.17) is 5.73 Å². The molecule has 1 aliphatic heterocycles. The maximum atomic E-state index is 5.97. The number of piperidine rings is 1. The van der Waals surface area contributed by atoms with Crippen molar-refractivity contribution in [1.82, 2.24) is 4.90 Å². The van der Waals surface area contributed by atoms with Crippen LogP contribution in [0.2, 0.25) is 0 Å². The van der Waals surface area contributed by atoms with Gasteiger partial charge in [-0.05, 0) is 52.9 Å². The Hall–Kier alpha value is 0.1000. The molecule has 17 heavy (non-hydrogen) atoms. The summed E-state index contributed by atoms with van der Waals surface area (Å²) in [5.41, 5.74) is 5.97. The lowest BCUT2D eigenvalue weighted by Crippen LogP contribution is -2.42. The van der Waals surface area contributed by atoms with Crippen LogP contribution in [0, 0.1) is 11.8 Å². The first-order valence-electron chi connectivity index (χ1n) is 6.31. The van der Waals surface area contributed by atoms with Crippen molar-refractivity contribution in [2.75, 3.05) is 19.6 Å². The van der Waals surface area contributed by atoms with E-state index in [0.717, 1.165) is 11.8 Å². The average molecular weight is 317 g/mol. The highest BCUT2D eigenvalue weighted by Crippen LogP contribution is 2.33. The summed E-state index contributed by atoms with van der Waals surface area (Å²) < 4.78 is 1.20. The highest BCUT2D eigenvalue weighted by atomic mass is 79.9. The number of halogens is 1. The van der Waals surface area contributed by atoms with E-state index in [2.05, 4.69) is 46.8 Å². The molecule has 0 aliphatic carbocycles. The van der Waals surface area contributed by atoms with Crippen molar-refractivity contribution in [2.45, 2.75) is 26.3 Å². The van der Waals surface area contributed by atoms with Gasteiger partial charge in [-0.3, -0.25) is 4.90 Å². The minimum atomic E-state index is 0.404. The van der Waals surface area contributed by atoms with Gasteiger partial charge in [0.15, 0.2) is 0 Å². The number of rotatable bonds is 3. The zero-order valence-corrected chi connectivity index (χ0v) is 12.9. The Kier molecular flexibility index (Phi) is 4.64. The molecule has 1 aromatic rings. The summed E-state index contributed by atoms with van der Waals surface area (Å²) in [4.78, 5) is 3.95. The molecule has 2 heterocycles. The molecule has 1 saturated heterocycles. The van der Waals surface area contributed by atoms with Gasteiger partial charge in [0.25, 0.3) is 0 Å². The quantitative estimate of drug-likeness (QED) is 0.925. The van der Waals surface area contributed by atoms with Crippen LogP contribution in [0.3, 0.4) is 0 Å². The van der Waals surface area contributed by atoms with Crippen LogP contribution in [-0.4, -0.2) is 24.5 Å². The Morgan fingerprint density at radius 1 is 1.47 bits per heavy atom. The Bertz CT molecular complexity index is 366. The van der Waals surface area contributed by atoms with Crippen molar-refractivity contribution in [2.24, 2.45) is 17.6 Å². The average Bonchev–Trinajstić information content (AvgIpc) is 2.71. The molecule has 0 saturated carbocycles. The molecule has 96 valence electrons. The first kappa shape index (κ1) is 13.5. The van der Waals surface area contributed by atoms with Gasteiger partial charge in [-0.2, -0.15) is 0 Å². The number of hydrogen-bond acceptors (Lipinski definition) is 3. The monoisotopic (exact) mass is 316 g/mol. The SMILES string of the molecule is CC1CCN(C(CN)c2ccc(Br)s2)CC1C. The van der Waals surface area contributed by atoms with E-state index in [-0.39, 0.29) is 0 Å². The molecule has 0 amide bonds.